The Hall–Kier alpha value is -1.46. The molecule has 0 spiro atoms. The number of nitrogens with one attached hydrogen (secondary N) is 1. The van der Waals surface area contributed by atoms with Crippen LogP contribution in [0, 0.1) is 13.8 Å². The van der Waals surface area contributed by atoms with Crippen LogP contribution in [0.5, 0.6) is 0 Å². The third-order valence-corrected chi connectivity index (χ3v) is 3.89. The van der Waals surface area contributed by atoms with Gasteiger partial charge in [-0.15, -0.1) is 0 Å². The van der Waals surface area contributed by atoms with E-state index in [2.05, 4.69) is 39.3 Å². The fourth-order valence-corrected chi connectivity index (χ4v) is 2.90. The van der Waals surface area contributed by atoms with E-state index in [0.717, 1.165) is 33.6 Å². The standard InChI is InChI=1S/C15H20N4S/c1-5-13(16-4)14-7-6-12(9-17-14)20-15-18-10(2)8-11(3)19-15/h6-9,13,16H,5H2,1-4H3. The number of pyridine rings is 1. The van der Waals surface area contributed by atoms with Crippen LogP contribution in [-0.2, 0) is 0 Å². The van der Waals surface area contributed by atoms with E-state index in [0.29, 0.717) is 6.04 Å². The summed E-state index contributed by atoms with van der Waals surface area (Å²) in [5.41, 5.74) is 3.05. The summed E-state index contributed by atoms with van der Waals surface area (Å²) in [6.07, 6.45) is 2.91. The maximum absolute atomic E-state index is 4.52. The van der Waals surface area contributed by atoms with E-state index < -0.39 is 0 Å². The second kappa shape index (κ2) is 6.81. The molecule has 1 unspecified atom stereocenters. The monoisotopic (exact) mass is 288 g/mol. The predicted octanol–water partition coefficient (Wildman–Crippen LogP) is 3.31. The highest BCUT2D eigenvalue weighted by molar-refractivity contribution is 7.99. The van der Waals surface area contributed by atoms with E-state index in [4.69, 9.17) is 0 Å². The molecule has 0 amide bonds. The molecule has 5 heteroatoms. The Labute approximate surface area is 124 Å². The average molecular weight is 288 g/mol. The molecule has 4 nitrogen and oxygen atoms in total. The molecule has 0 aliphatic heterocycles. The highest BCUT2D eigenvalue weighted by atomic mass is 32.2. The van der Waals surface area contributed by atoms with Gasteiger partial charge < -0.3 is 5.32 Å². The fourth-order valence-electron chi connectivity index (χ4n) is 2.06. The normalized spacial score (nSPS) is 12.4. The smallest absolute Gasteiger partial charge is 0.192 e. The van der Waals surface area contributed by atoms with Crippen molar-refractivity contribution in [3.63, 3.8) is 0 Å². The molecule has 0 fully saturated rings. The molecule has 0 aromatic carbocycles. The molecule has 0 radical (unpaired) electrons. The Bertz CT molecular complexity index is 544. The summed E-state index contributed by atoms with van der Waals surface area (Å²) in [7, 11) is 1.96. The third-order valence-electron chi connectivity index (χ3n) is 3.04. The first-order valence-corrected chi connectivity index (χ1v) is 7.57. The van der Waals surface area contributed by atoms with Crippen LogP contribution in [0.25, 0.3) is 0 Å². The predicted molar refractivity (Wildman–Crippen MR) is 82.0 cm³/mol. The van der Waals surface area contributed by atoms with Crippen LogP contribution >= 0.6 is 11.8 Å². The molecule has 0 saturated heterocycles. The molecule has 2 heterocycles. The summed E-state index contributed by atoms with van der Waals surface area (Å²) >= 11 is 1.55. The number of nitrogens with zero attached hydrogens (tertiary/aromatic N) is 3. The molecule has 2 aromatic rings. The molecule has 2 aromatic heterocycles. The zero-order valence-corrected chi connectivity index (χ0v) is 13.2. The van der Waals surface area contributed by atoms with Gasteiger partial charge in [-0.1, -0.05) is 6.92 Å². The molecule has 2 rings (SSSR count). The van der Waals surface area contributed by atoms with Gasteiger partial charge in [-0.25, -0.2) is 9.97 Å². The lowest BCUT2D eigenvalue weighted by molar-refractivity contribution is 0.561. The Morgan fingerprint density at radius 3 is 2.40 bits per heavy atom. The fraction of sp³-hybridized carbons (Fsp3) is 0.400. The molecular formula is C15H20N4S. The van der Waals surface area contributed by atoms with Crippen molar-refractivity contribution in [2.24, 2.45) is 0 Å². The van der Waals surface area contributed by atoms with Crippen molar-refractivity contribution in [2.75, 3.05) is 7.05 Å². The summed E-state index contributed by atoms with van der Waals surface area (Å²) in [5, 5.41) is 4.03. The van der Waals surface area contributed by atoms with Crippen LogP contribution in [0.15, 0.2) is 34.4 Å². The van der Waals surface area contributed by atoms with Crippen molar-refractivity contribution in [3.05, 3.63) is 41.5 Å². The van der Waals surface area contributed by atoms with Crippen molar-refractivity contribution in [3.8, 4) is 0 Å². The minimum absolute atomic E-state index is 0.312. The minimum atomic E-state index is 0.312. The van der Waals surface area contributed by atoms with Gasteiger partial charge in [-0.3, -0.25) is 4.98 Å². The van der Waals surface area contributed by atoms with Crippen LogP contribution in [0.4, 0.5) is 0 Å². The van der Waals surface area contributed by atoms with Crippen LogP contribution in [0.3, 0.4) is 0 Å². The van der Waals surface area contributed by atoms with Crippen molar-refractivity contribution in [2.45, 2.75) is 43.3 Å². The topological polar surface area (TPSA) is 50.7 Å². The summed E-state index contributed by atoms with van der Waals surface area (Å²) in [5.74, 6) is 0. The van der Waals surface area contributed by atoms with Crippen LogP contribution in [0.1, 0.15) is 36.5 Å². The first-order valence-electron chi connectivity index (χ1n) is 6.75. The molecule has 1 N–H and O–H groups in total. The first-order chi connectivity index (χ1) is 9.62. The number of hydrogen-bond donors (Lipinski definition) is 1. The third kappa shape index (κ3) is 3.77. The van der Waals surface area contributed by atoms with Crippen LogP contribution < -0.4 is 5.32 Å². The molecular weight excluding hydrogens is 268 g/mol. The zero-order chi connectivity index (χ0) is 14.5. The molecule has 0 aliphatic rings. The van der Waals surface area contributed by atoms with Gasteiger partial charge in [-0.05, 0) is 57.3 Å². The quantitative estimate of drug-likeness (QED) is 0.855. The lowest BCUT2D eigenvalue weighted by Crippen LogP contribution is -2.16. The first kappa shape index (κ1) is 14.9. The number of aryl methyl sites for hydroxylation is 2. The SMILES string of the molecule is CCC(NC)c1ccc(Sc2nc(C)cc(C)n2)cn1. The Balaban J connectivity index is 2.14. The molecule has 0 bridgehead atoms. The molecule has 0 saturated carbocycles. The molecule has 106 valence electrons. The highest BCUT2D eigenvalue weighted by Crippen LogP contribution is 2.25. The van der Waals surface area contributed by atoms with Gasteiger partial charge in [0.05, 0.1) is 5.69 Å². The average Bonchev–Trinajstić information content (AvgIpc) is 2.41. The van der Waals surface area contributed by atoms with Gasteiger partial charge >= 0.3 is 0 Å². The van der Waals surface area contributed by atoms with Gasteiger partial charge in [0.2, 0.25) is 0 Å². The Morgan fingerprint density at radius 1 is 1.20 bits per heavy atom. The lowest BCUT2D eigenvalue weighted by Gasteiger charge is -2.13. The van der Waals surface area contributed by atoms with Gasteiger partial charge in [0.1, 0.15) is 0 Å². The van der Waals surface area contributed by atoms with Crippen molar-refractivity contribution < 1.29 is 0 Å². The summed E-state index contributed by atoms with van der Waals surface area (Å²) in [6.45, 7) is 6.12. The van der Waals surface area contributed by atoms with Gasteiger partial charge in [0.15, 0.2) is 5.16 Å². The molecule has 1 atom stereocenters. The van der Waals surface area contributed by atoms with Crippen molar-refractivity contribution >= 4 is 11.8 Å². The van der Waals surface area contributed by atoms with Crippen molar-refractivity contribution in [1.82, 2.24) is 20.3 Å². The summed E-state index contributed by atoms with van der Waals surface area (Å²) in [6, 6.07) is 6.43. The maximum atomic E-state index is 4.52. The van der Waals surface area contributed by atoms with E-state index in [1.807, 2.05) is 33.2 Å². The van der Waals surface area contributed by atoms with Gasteiger partial charge in [0.25, 0.3) is 0 Å². The highest BCUT2D eigenvalue weighted by Gasteiger charge is 2.08. The van der Waals surface area contributed by atoms with E-state index >= 15 is 0 Å². The number of rotatable bonds is 5. The Kier molecular flexibility index (Phi) is 5.09. The molecule has 20 heavy (non-hydrogen) atoms. The van der Waals surface area contributed by atoms with Gasteiger partial charge in [-0.2, -0.15) is 0 Å². The zero-order valence-electron chi connectivity index (χ0n) is 12.3. The number of hydrogen-bond acceptors (Lipinski definition) is 5. The second-order valence-corrected chi connectivity index (χ2v) is 5.74. The lowest BCUT2D eigenvalue weighted by atomic mass is 10.1. The van der Waals surface area contributed by atoms with E-state index in [1.54, 1.807) is 11.8 Å². The minimum Gasteiger partial charge on any atom is -0.312 e. The van der Waals surface area contributed by atoms with Gasteiger partial charge in [0, 0.05) is 28.5 Å². The van der Waals surface area contributed by atoms with E-state index in [9.17, 15) is 0 Å². The maximum Gasteiger partial charge on any atom is 0.192 e. The van der Waals surface area contributed by atoms with Crippen LogP contribution in [0.2, 0.25) is 0 Å². The van der Waals surface area contributed by atoms with E-state index in [-0.39, 0.29) is 0 Å². The Morgan fingerprint density at radius 2 is 1.90 bits per heavy atom. The molecule has 0 aliphatic carbocycles. The largest absolute Gasteiger partial charge is 0.312 e. The summed E-state index contributed by atoms with van der Waals surface area (Å²) < 4.78 is 0. The second-order valence-electron chi connectivity index (χ2n) is 4.70. The number of aromatic nitrogens is 3. The summed E-state index contributed by atoms with van der Waals surface area (Å²) in [4.78, 5) is 14.4. The van der Waals surface area contributed by atoms with Crippen LogP contribution in [-0.4, -0.2) is 22.0 Å². The van der Waals surface area contributed by atoms with E-state index in [1.165, 1.54) is 0 Å². The van der Waals surface area contributed by atoms with Crippen molar-refractivity contribution in [1.29, 1.82) is 0 Å².